The summed E-state index contributed by atoms with van der Waals surface area (Å²) in [4.78, 5) is 0. The van der Waals surface area contributed by atoms with Crippen LogP contribution in [-0.4, -0.2) is 5.54 Å². The topological polar surface area (TPSA) is 25.2 Å². The first-order chi connectivity index (χ1) is 10.1. The molecule has 4 rings (SSSR count). The van der Waals surface area contributed by atoms with Crippen LogP contribution >= 0.6 is 0 Å². The summed E-state index contributed by atoms with van der Waals surface area (Å²) >= 11 is 0. The van der Waals surface area contributed by atoms with Crippen molar-refractivity contribution in [3.63, 3.8) is 0 Å². The zero-order chi connectivity index (χ0) is 15.0. The van der Waals surface area contributed by atoms with E-state index in [1.54, 1.807) is 6.26 Å². The molecule has 2 nitrogen and oxygen atoms in total. The highest BCUT2D eigenvalue weighted by molar-refractivity contribution is 5.77. The molecule has 0 bridgehead atoms. The van der Waals surface area contributed by atoms with E-state index < -0.39 is 0 Å². The number of rotatable bonds is 2. The lowest BCUT2D eigenvalue weighted by molar-refractivity contribution is 0.616. The number of allylic oxidation sites excluding steroid dienone is 2. The Morgan fingerprint density at radius 1 is 1.33 bits per heavy atom. The van der Waals surface area contributed by atoms with Gasteiger partial charge in [0.05, 0.1) is 6.26 Å². The maximum Gasteiger partial charge on any atom is 0.133 e. The van der Waals surface area contributed by atoms with Gasteiger partial charge in [-0.2, -0.15) is 0 Å². The van der Waals surface area contributed by atoms with E-state index in [4.69, 9.17) is 4.42 Å². The van der Waals surface area contributed by atoms with E-state index >= 15 is 0 Å². The smallest absolute Gasteiger partial charge is 0.133 e. The van der Waals surface area contributed by atoms with Crippen LogP contribution in [-0.2, 0) is 0 Å². The maximum atomic E-state index is 5.17. The summed E-state index contributed by atoms with van der Waals surface area (Å²) in [5, 5.41) is 4.63. The minimum atomic E-state index is 0. The maximum absolute atomic E-state index is 5.17. The van der Waals surface area contributed by atoms with Crippen LogP contribution in [0.1, 0.15) is 20.3 Å². The second kappa shape index (κ2) is 4.96. The van der Waals surface area contributed by atoms with Gasteiger partial charge in [-0.1, -0.05) is 30.9 Å². The van der Waals surface area contributed by atoms with E-state index in [9.17, 15) is 0 Å². The molecular weight excluding hydrogens is 258 g/mol. The van der Waals surface area contributed by atoms with E-state index in [-0.39, 0.29) is 1.43 Å². The molecule has 1 aliphatic carbocycles. The zero-order valence-electron chi connectivity index (χ0n) is 12.6. The first-order valence-electron chi connectivity index (χ1n) is 7.28. The predicted molar refractivity (Wildman–Crippen MR) is 90.1 cm³/mol. The minimum Gasteiger partial charge on any atom is -0.464 e. The molecular formula is C19H23NO. The number of nitrogens with one attached hydrogen (secondary N) is 1. The highest BCUT2D eigenvalue weighted by atomic mass is 16.3. The van der Waals surface area contributed by atoms with Gasteiger partial charge in [-0.05, 0) is 50.1 Å². The fourth-order valence-corrected chi connectivity index (χ4v) is 3.03. The van der Waals surface area contributed by atoms with Crippen LogP contribution in [0.4, 0.5) is 0 Å². The van der Waals surface area contributed by atoms with Gasteiger partial charge in [0, 0.05) is 24.0 Å². The molecule has 2 aliphatic rings. The molecule has 110 valence electrons. The third kappa shape index (κ3) is 2.42. The van der Waals surface area contributed by atoms with Crippen molar-refractivity contribution in [3.8, 4) is 0 Å². The van der Waals surface area contributed by atoms with Crippen molar-refractivity contribution < 1.29 is 5.84 Å². The molecule has 2 heteroatoms. The Hall–Kier alpha value is -2.22. The lowest BCUT2D eigenvalue weighted by atomic mass is 10.1. The minimum absolute atomic E-state index is 0. The second-order valence-electron chi connectivity index (χ2n) is 6.04. The Morgan fingerprint density at radius 3 is 2.81 bits per heavy atom. The predicted octanol–water partition coefficient (Wildman–Crippen LogP) is 4.98. The Balaban J connectivity index is 0.000000154. The quantitative estimate of drug-likeness (QED) is 0.839. The van der Waals surface area contributed by atoms with Crippen LogP contribution < -0.4 is 5.32 Å². The molecule has 21 heavy (non-hydrogen) atoms. The Morgan fingerprint density at radius 2 is 2.14 bits per heavy atom. The highest BCUT2D eigenvalue weighted by Crippen LogP contribution is 2.54. The van der Waals surface area contributed by atoms with E-state index in [2.05, 4.69) is 38.4 Å². The van der Waals surface area contributed by atoms with E-state index in [0.717, 1.165) is 5.58 Å². The Kier molecular flexibility index (Phi) is 3.25. The summed E-state index contributed by atoms with van der Waals surface area (Å²) in [5.41, 5.74) is 5.10. The standard InChI is InChI=1S/C10H13N.C9H8O.H2/c1-4-7-8-6-10(8,3)11-9(7)5-2;1-7-2-3-9-8(6-7)4-5-10-9;/h4-5,8,11H,1-2,6H2,3H3;2-6H,1H3;1H. The van der Waals surface area contributed by atoms with Crippen molar-refractivity contribution in [1.29, 1.82) is 0 Å². The van der Waals surface area contributed by atoms with E-state index in [1.165, 1.54) is 28.6 Å². The average Bonchev–Trinajstić information content (AvgIpc) is 2.86. The monoisotopic (exact) mass is 281 g/mol. The third-order valence-electron chi connectivity index (χ3n) is 4.38. The van der Waals surface area contributed by atoms with Gasteiger partial charge in [-0.3, -0.25) is 0 Å². The first kappa shape index (κ1) is 13.7. The van der Waals surface area contributed by atoms with Gasteiger partial charge in [0.1, 0.15) is 5.58 Å². The normalized spacial score (nSPS) is 25.7. The van der Waals surface area contributed by atoms with Gasteiger partial charge in [0.2, 0.25) is 0 Å². The number of aryl methyl sites for hydroxylation is 1. The molecule has 1 fully saturated rings. The molecule has 0 radical (unpaired) electrons. The van der Waals surface area contributed by atoms with Gasteiger partial charge in [0.25, 0.3) is 0 Å². The van der Waals surface area contributed by atoms with Gasteiger partial charge < -0.3 is 9.73 Å². The van der Waals surface area contributed by atoms with Crippen LogP contribution in [0.5, 0.6) is 0 Å². The van der Waals surface area contributed by atoms with Crippen LogP contribution in [0.15, 0.2) is 71.5 Å². The summed E-state index contributed by atoms with van der Waals surface area (Å²) < 4.78 is 5.17. The third-order valence-corrected chi connectivity index (χ3v) is 4.38. The van der Waals surface area contributed by atoms with Crippen molar-refractivity contribution in [3.05, 3.63) is 72.7 Å². The molecule has 0 saturated heterocycles. The largest absolute Gasteiger partial charge is 0.464 e. The van der Waals surface area contributed by atoms with Crippen molar-refractivity contribution in [1.82, 2.24) is 5.32 Å². The average molecular weight is 281 g/mol. The number of fused-ring (bicyclic) bond motifs is 2. The van der Waals surface area contributed by atoms with E-state index in [0.29, 0.717) is 11.5 Å². The summed E-state index contributed by atoms with van der Waals surface area (Å²) in [7, 11) is 0. The molecule has 1 aliphatic heterocycles. The molecule has 1 aromatic carbocycles. The van der Waals surface area contributed by atoms with Gasteiger partial charge in [0.15, 0.2) is 0 Å². The van der Waals surface area contributed by atoms with Gasteiger partial charge in [-0.25, -0.2) is 0 Å². The van der Waals surface area contributed by atoms with Crippen molar-refractivity contribution in [2.45, 2.75) is 25.8 Å². The lowest BCUT2D eigenvalue weighted by Crippen LogP contribution is -2.23. The second-order valence-corrected chi connectivity index (χ2v) is 6.04. The molecule has 1 saturated carbocycles. The number of furan rings is 1. The van der Waals surface area contributed by atoms with Crippen molar-refractivity contribution in [2.75, 3.05) is 0 Å². The summed E-state index contributed by atoms with van der Waals surface area (Å²) in [6, 6.07) is 8.12. The van der Waals surface area contributed by atoms with Crippen LogP contribution in [0.3, 0.4) is 0 Å². The van der Waals surface area contributed by atoms with Crippen LogP contribution in [0.2, 0.25) is 0 Å². The number of hydrogen-bond donors (Lipinski definition) is 1. The van der Waals surface area contributed by atoms with Gasteiger partial charge in [-0.15, -0.1) is 0 Å². The first-order valence-corrected chi connectivity index (χ1v) is 7.28. The molecule has 1 aromatic heterocycles. The molecule has 0 amide bonds. The molecule has 2 heterocycles. The molecule has 1 N–H and O–H groups in total. The summed E-state index contributed by atoms with van der Waals surface area (Å²) in [6.07, 6.45) is 6.80. The van der Waals surface area contributed by atoms with Crippen molar-refractivity contribution >= 4 is 11.0 Å². The fourth-order valence-electron chi connectivity index (χ4n) is 3.03. The molecule has 2 aromatic rings. The summed E-state index contributed by atoms with van der Waals surface area (Å²) in [6.45, 7) is 11.9. The van der Waals surface area contributed by atoms with Crippen LogP contribution in [0.25, 0.3) is 11.0 Å². The molecule has 0 spiro atoms. The van der Waals surface area contributed by atoms with E-state index in [1.807, 2.05) is 30.4 Å². The fraction of sp³-hybridized carbons (Fsp3) is 0.263. The Bertz CT molecular complexity index is 743. The Labute approximate surface area is 127 Å². The highest BCUT2D eigenvalue weighted by Gasteiger charge is 2.56. The number of benzene rings is 1. The lowest BCUT2D eigenvalue weighted by Gasteiger charge is -2.08. The molecule has 2 atom stereocenters. The summed E-state index contributed by atoms with van der Waals surface area (Å²) in [5.74, 6) is 0.702. The number of hydrogen-bond acceptors (Lipinski definition) is 2. The van der Waals surface area contributed by atoms with Gasteiger partial charge >= 0.3 is 0 Å². The van der Waals surface area contributed by atoms with Crippen molar-refractivity contribution in [2.24, 2.45) is 5.92 Å². The van der Waals surface area contributed by atoms with Crippen LogP contribution in [0, 0.1) is 12.8 Å². The SMILES string of the molecule is C=CC1=C(C=C)C2CC2(C)N1.Cc1ccc2occc2c1.[HH]. The molecule has 2 unspecified atom stereocenters. The zero-order valence-corrected chi connectivity index (χ0v) is 12.6.